The quantitative estimate of drug-likeness (QED) is 0.637. The minimum Gasteiger partial charge on any atom is -0.276 e. The Labute approximate surface area is 156 Å². The van der Waals surface area contributed by atoms with Crippen LogP contribution in [0.5, 0.6) is 0 Å². The molecule has 1 N–H and O–H groups in total. The zero-order valence-electron chi connectivity index (χ0n) is 12.6. The molecule has 0 radical (unpaired) electrons. The van der Waals surface area contributed by atoms with Crippen molar-refractivity contribution in [2.75, 3.05) is 11.2 Å². The summed E-state index contributed by atoms with van der Waals surface area (Å²) in [4.78, 5) is 4.57. The fraction of sp³-hybridized carbons (Fsp3) is 0.0625. The predicted molar refractivity (Wildman–Crippen MR) is 99.1 cm³/mol. The molecule has 1 aromatic heterocycles. The van der Waals surface area contributed by atoms with Crippen molar-refractivity contribution in [1.29, 1.82) is 0 Å². The van der Waals surface area contributed by atoms with Crippen molar-refractivity contribution in [2.45, 2.75) is 5.16 Å². The summed E-state index contributed by atoms with van der Waals surface area (Å²) in [6.45, 7) is 0. The number of para-hydroxylation sites is 1. The maximum absolute atomic E-state index is 13.9. The van der Waals surface area contributed by atoms with E-state index < -0.39 is 5.82 Å². The standard InChI is InChI=1S/C16H10Cl2FN5S/c17-11-7-12(18)13(19)6-10(11)15-21-22-16-24(15)23-14(8-25-16)20-9-4-2-1-3-5-9/h1-7H,8H2,(H,20,23). The lowest BCUT2D eigenvalue weighted by atomic mass is 10.2. The molecule has 0 unspecified atom stereocenters. The van der Waals surface area contributed by atoms with Crippen molar-refractivity contribution in [2.24, 2.45) is 4.99 Å². The van der Waals surface area contributed by atoms with Crippen molar-refractivity contribution < 1.29 is 4.39 Å². The average molecular weight is 394 g/mol. The van der Waals surface area contributed by atoms with Crippen LogP contribution >= 0.6 is 35.0 Å². The molecule has 0 saturated heterocycles. The molecular formula is C16H10Cl2FN5S. The lowest BCUT2D eigenvalue weighted by Gasteiger charge is -2.19. The molecule has 2 heterocycles. The number of aromatic nitrogens is 3. The van der Waals surface area contributed by atoms with Gasteiger partial charge in [-0.1, -0.05) is 53.2 Å². The van der Waals surface area contributed by atoms with Gasteiger partial charge in [0.1, 0.15) is 11.7 Å². The van der Waals surface area contributed by atoms with Crippen molar-refractivity contribution in [3.63, 3.8) is 0 Å². The Kier molecular flexibility index (Phi) is 4.37. The number of amidine groups is 1. The molecule has 0 fully saturated rings. The molecule has 0 spiro atoms. The number of benzene rings is 2. The van der Waals surface area contributed by atoms with Crippen LogP contribution in [-0.2, 0) is 0 Å². The van der Waals surface area contributed by atoms with Crippen molar-refractivity contribution >= 4 is 46.5 Å². The van der Waals surface area contributed by atoms with Gasteiger partial charge in [-0.05, 0) is 24.3 Å². The van der Waals surface area contributed by atoms with E-state index in [1.54, 1.807) is 4.68 Å². The second-order valence-electron chi connectivity index (χ2n) is 5.18. The third-order valence-electron chi connectivity index (χ3n) is 3.48. The third kappa shape index (κ3) is 3.22. The van der Waals surface area contributed by atoms with Crippen LogP contribution in [0, 0.1) is 5.82 Å². The van der Waals surface area contributed by atoms with E-state index in [4.69, 9.17) is 23.2 Å². The number of halogens is 3. The zero-order chi connectivity index (χ0) is 17.4. The summed E-state index contributed by atoms with van der Waals surface area (Å²) in [5, 5.41) is 9.13. The minimum atomic E-state index is -0.569. The second-order valence-corrected chi connectivity index (χ2v) is 6.94. The van der Waals surface area contributed by atoms with Gasteiger partial charge in [-0.25, -0.2) is 14.1 Å². The zero-order valence-corrected chi connectivity index (χ0v) is 14.9. The molecule has 0 saturated carbocycles. The van der Waals surface area contributed by atoms with E-state index in [1.165, 1.54) is 23.9 Å². The number of nitrogens with one attached hydrogen (secondary N) is 1. The summed E-state index contributed by atoms with van der Waals surface area (Å²) in [6, 6.07) is 12.2. The first-order valence-corrected chi connectivity index (χ1v) is 8.99. The molecule has 3 aromatic rings. The van der Waals surface area contributed by atoms with Crippen LogP contribution < -0.4 is 5.43 Å². The lowest BCUT2D eigenvalue weighted by molar-refractivity contribution is 0.628. The SMILES string of the molecule is Fc1cc(-c2nnc3n2NC(=Nc2ccccc2)CS3)c(Cl)cc1Cl. The number of fused-ring (bicyclic) bond motifs is 1. The molecule has 9 heteroatoms. The van der Waals surface area contributed by atoms with Crippen molar-refractivity contribution in [3.05, 3.63) is 58.3 Å². The van der Waals surface area contributed by atoms with Crippen LogP contribution in [-0.4, -0.2) is 26.5 Å². The number of hydrogen-bond acceptors (Lipinski definition) is 4. The number of nitrogens with zero attached hydrogens (tertiary/aromatic N) is 4. The summed E-state index contributed by atoms with van der Waals surface area (Å²) < 4.78 is 15.5. The summed E-state index contributed by atoms with van der Waals surface area (Å²) in [5.74, 6) is 1.18. The fourth-order valence-corrected chi connectivity index (χ4v) is 3.56. The molecule has 0 bridgehead atoms. The molecule has 126 valence electrons. The number of thioether (sulfide) groups is 1. The molecular weight excluding hydrogens is 384 g/mol. The normalized spacial score (nSPS) is 15.1. The molecule has 2 aromatic carbocycles. The highest BCUT2D eigenvalue weighted by molar-refractivity contribution is 7.99. The Morgan fingerprint density at radius 2 is 1.92 bits per heavy atom. The number of aliphatic imine (C=N–C) groups is 1. The van der Waals surface area contributed by atoms with E-state index in [1.807, 2.05) is 30.3 Å². The molecule has 1 aliphatic rings. The van der Waals surface area contributed by atoms with Gasteiger partial charge in [-0.2, -0.15) is 0 Å². The lowest BCUT2D eigenvalue weighted by Crippen LogP contribution is -2.30. The van der Waals surface area contributed by atoms with Gasteiger partial charge in [0, 0.05) is 5.56 Å². The van der Waals surface area contributed by atoms with Gasteiger partial charge in [0.25, 0.3) is 0 Å². The highest BCUT2D eigenvalue weighted by atomic mass is 35.5. The van der Waals surface area contributed by atoms with E-state index in [9.17, 15) is 4.39 Å². The molecule has 4 rings (SSSR count). The first kappa shape index (κ1) is 16.4. The van der Waals surface area contributed by atoms with Crippen LogP contribution in [0.3, 0.4) is 0 Å². The van der Waals surface area contributed by atoms with E-state index >= 15 is 0 Å². The van der Waals surface area contributed by atoms with Crippen LogP contribution in [0.2, 0.25) is 10.0 Å². The third-order valence-corrected chi connectivity index (χ3v) is 5.03. The van der Waals surface area contributed by atoms with Crippen molar-refractivity contribution in [3.8, 4) is 11.4 Å². The fourth-order valence-electron chi connectivity index (χ4n) is 2.34. The van der Waals surface area contributed by atoms with Crippen LogP contribution in [0.1, 0.15) is 0 Å². The Morgan fingerprint density at radius 3 is 2.72 bits per heavy atom. The smallest absolute Gasteiger partial charge is 0.211 e. The predicted octanol–water partition coefficient (Wildman–Crippen LogP) is 4.77. The second kappa shape index (κ2) is 6.67. The van der Waals surface area contributed by atoms with Gasteiger partial charge in [-0.3, -0.25) is 5.43 Å². The number of hydrogen-bond donors (Lipinski definition) is 1. The van der Waals surface area contributed by atoms with Gasteiger partial charge in [0.05, 0.1) is 21.5 Å². The first-order valence-electron chi connectivity index (χ1n) is 7.24. The molecule has 0 atom stereocenters. The highest BCUT2D eigenvalue weighted by Gasteiger charge is 2.23. The van der Waals surface area contributed by atoms with Gasteiger partial charge in [0.2, 0.25) is 5.16 Å². The van der Waals surface area contributed by atoms with Crippen LogP contribution in [0.15, 0.2) is 52.6 Å². The Balaban J connectivity index is 1.73. The van der Waals surface area contributed by atoms with E-state index in [2.05, 4.69) is 20.6 Å². The average Bonchev–Trinajstić information content (AvgIpc) is 3.02. The van der Waals surface area contributed by atoms with Crippen LogP contribution in [0.25, 0.3) is 11.4 Å². The van der Waals surface area contributed by atoms with Gasteiger partial charge >= 0.3 is 0 Å². The summed E-state index contributed by atoms with van der Waals surface area (Å²) >= 11 is 13.4. The van der Waals surface area contributed by atoms with Gasteiger partial charge in [-0.15, -0.1) is 10.2 Å². The monoisotopic (exact) mass is 393 g/mol. The van der Waals surface area contributed by atoms with Gasteiger partial charge < -0.3 is 0 Å². The summed E-state index contributed by atoms with van der Waals surface area (Å²) in [5.41, 5.74) is 4.39. The topological polar surface area (TPSA) is 55.1 Å². The first-order chi connectivity index (χ1) is 12.1. The summed E-state index contributed by atoms with van der Waals surface area (Å²) in [7, 11) is 0. The van der Waals surface area contributed by atoms with E-state index in [-0.39, 0.29) is 5.02 Å². The molecule has 0 amide bonds. The summed E-state index contributed by atoms with van der Waals surface area (Å²) in [6.07, 6.45) is 0. The van der Waals surface area contributed by atoms with E-state index in [0.29, 0.717) is 27.3 Å². The minimum absolute atomic E-state index is 0.0409. The highest BCUT2D eigenvalue weighted by Crippen LogP contribution is 2.33. The molecule has 0 aliphatic carbocycles. The number of rotatable bonds is 2. The Hall–Kier alpha value is -2.09. The molecule has 1 aliphatic heterocycles. The maximum Gasteiger partial charge on any atom is 0.211 e. The Bertz CT molecular complexity index is 974. The van der Waals surface area contributed by atoms with Crippen molar-refractivity contribution in [1.82, 2.24) is 14.9 Å². The molecule has 25 heavy (non-hydrogen) atoms. The van der Waals surface area contributed by atoms with E-state index in [0.717, 1.165) is 11.5 Å². The maximum atomic E-state index is 13.9. The van der Waals surface area contributed by atoms with Gasteiger partial charge in [0.15, 0.2) is 5.82 Å². The molecule has 5 nitrogen and oxygen atoms in total. The Morgan fingerprint density at radius 1 is 1.12 bits per heavy atom. The van der Waals surface area contributed by atoms with Crippen LogP contribution in [0.4, 0.5) is 10.1 Å². The largest absolute Gasteiger partial charge is 0.276 e.